The molecule has 0 spiro atoms. The number of ether oxygens (including phenoxy) is 1. The van der Waals surface area contributed by atoms with E-state index in [1.807, 2.05) is 54.3 Å². The lowest BCUT2D eigenvalue weighted by Gasteiger charge is -2.39. The maximum Gasteiger partial charge on any atom is 0.260 e. The summed E-state index contributed by atoms with van der Waals surface area (Å²) in [7, 11) is 2.11. The first-order valence-corrected chi connectivity index (χ1v) is 8.36. The summed E-state index contributed by atoms with van der Waals surface area (Å²) in [5, 5.41) is 0. The molecule has 2 aromatic carbocycles. The smallest absolute Gasteiger partial charge is 0.260 e. The number of aryl methyl sites for hydroxylation is 1. The fourth-order valence-electron chi connectivity index (χ4n) is 3.08. The maximum atomic E-state index is 12.5. The molecule has 1 atom stereocenters. The number of carbonyl (C=O) groups excluding carboxylic acids is 1. The summed E-state index contributed by atoms with van der Waals surface area (Å²) < 4.78 is 5.71. The highest BCUT2D eigenvalue weighted by atomic mass is 16.5. The Morgan fingerprint density at radius 3 is 2.54 bits per heavy atom. The molecule has 1 heterocycles. The minimum atomic E-state index is 0.0484. The van der Waals surface area contributed by atoms with Gasteiger partial charge >= 0.3 is 0 Å². The van der Waals surface area contributed by atoms with E-state index in [-0.39, 0.29) is 18.6 Å². The number of hydrogen-bond donors (Lipinski definition) is 0. The number of carbonyl (C=O) groups is 1. The molecule has 0 aromatic heterocycles. The molecule has 0 N–H and O–H groups in total. The molecular weight excluding hydrogens is 300 g/mol. The number of para-hydroxylation sites is 1. The van der Waals surface area contributed by atoms with Crippen molar-refractivity contribution in [3.8, 4) is 5.75 Å². The van der Waals surface area contributed by atoms with Gasteiger partial charge in [-0.1, -0.05) is 48.5 Å². The number of rotatable bonds is 4. The molecule has 1 fully saturated rings. The van der Waals surface area contributed by atoms with Crippen LogP contribution in [0.4, 0.5) is 0 Å². The molecule has 2 aromatic rings. The standard InChI is InChI=1S/C20H24N2O2/c1-16-8-6-7-11-19(16)24-15-20(23)22-13-12-21(2)18(14-22)17-9-4-3-5-10-17/h3-11,18H,12-15H2,1-2H3. The minimum Gasteiger partial charge on any atom is -0.484 e. The van der Waals surface area contributed by atoms with Crippen LogP contribution in [-0.2, 0) is 4.79 Å². The Bertz CT molecular complexity index is 687. The van der Waals surface area contributed by atoms with Gasteiger partial charge in [-0.25, -0.2) is 0 Å². The topological polar surface area (TPSA) is 32.8 Å². The van der Waals surface area contributed by atoms with Gasteiger partial charge in [0.15, 0.2) is 6.61 Å². The lowest BCUT2D eigenvalue weighted by atomic mass is 10.0. The van der Waals surface area contributed by atoms with E-state index in [1.54, 1.807) is 0 Å². The van der Waals surface area contributed by atoms with Crippen LogP contribution in [0.1, 0.15) is 17.2 Å². The quantitative estimate of drug-likeness (QED) is 0.867. The van der Waals surface area contributed by atoms with Crippen molar-refractivity contribution in [3.05, 3.63) is 65.7 Å². The monoisotopic (exact) mass is 324 g/mol. The molecule has 0 aliphatic carbocycles. The minimum absolute atomic E-state index is 0.0484. The Kier molecular flexibility index (Phi) is 5.16. The number of hydrogen-bond acceptors (Lipinski definition) is 3. The first-order valence-electron chi connectivity index (χ1n) is 8.36. The molecule has 24 heavy (non-hydrogen) atoms. The zero-order valence-electron chi connectivity index (χ0n) is 14.3. The average Bonchev–Trinajstić information content (AvgIpc) is 2.62. The lowest BCUT2D eigenvalue weighted by molar-refractivity contribution is -0.136. The molecule has 3 rings (SSSR count). The predicted octanol–water partition coefficient (Wildman–Crippen LogP) is 2.89. The number of piperazine rings is 1. The van der Waals surface area contributed by atoms with Gasteiger partial charge in [-0.05, 0) is 31.2 Å². The van der Waals surface area contributed by atoms with Crippen LogP contribution in [0.2, 0.25) is 0 Å². The number of likely N-dealkylation sites (N-methyl/N-ethyl adjacent to an activating group) is 1. The lowest BCUT2D eigenvalue weighted by Crippen LogP contribution is -2.50. The van der Waals surface area contributed by atoms with Crippen molar-refractivity contribution in [2.24, 2.45) is 0 Å². The fraction of sp³-hybridized carbons (Fsp3) is 0.350. The second-order valence-corrected chi connectivity index (χ2v) is 6.30. The van der Waals surface area contributed by atoms with Crippen molar-refractivity contribution in [3.63, 3.8) is 0 Å². The third kappa shape index (κ3) is 3.77. The average molecular weight is 324 g/mol. The van der Waals surface area contributed by atoms with E-state index < -0.39 is 0 Å². The van der Waals surface area contributed by atoms with Crippen molar-refractivity contribution >= 4 is 5.91 Å². The fourth-order valence-corrected chi connectivity index (χ4v) is 3.08. The highest BCUT2D eigenvalue weighted by Crippen LogP contribution is 2.24. The van der Waals surface area contributed by atoms with E-state index in [1.165, 1.54) is 5.56 Å². The molecule has 1 aliphatic rings. The van der Waals surface area contributed by atoms with Crippen LogP contribution in [0.25, 0.3) is 0 Å². The molecule has 0 saturated carbocycles. The molecule has 4 heteroatoms. The van der Waals surface area contributed by atoms with Crippen molar-refractivity contribution < 1.29 is 9.53 Å². The first-order chi connectivity index (χ1) is 11.6. The molecular formula is C20H24N2O2. The largest absolute Gasteiger partial charge is 0.484 e. The summed E-state index contributed by atoms with van der Waals surface area (Å²) >= 11 is 0. The van der Waals surface area contributed by atoms with Gasteiger partial charge in [0.2, 0.25) is 0 Å². The van der Waals surface area contributed by atoms with Crippen molar-refractivity contribution in [2.45, 2.75) is 13.0 Å². The normalized spacial score (nSPS) is 18.4. The summed E-state index contributed by atoms with van der Waals surface area (Å²) in [6.07, 6.45) is 0. The Labute approximate surface area is 143 Å². The Morgan fingerprint density at radius 1 is 1.08 bits per heavy atom. The van der Waals surface area contributed by atoms with E-state index in [2.05, 4.69) is 24.1 Å². The van der Waals surface area contributed by atoms with Crippen molar-refractivity contribution in [2.75, 3.05) is 33.3 Å². The summed E-state index contributed by atoms with van der Waals surface area (Å²) in [5.74, 6) is 0.826. The summed E-state index contributed by atoms with van der Waals surface area (Å²) in [5.41, 5.74) is 2.29. The van der Waals surface area contributed by atoms with Gasteiger partial charge in [-0.3, -0.25) is 9.69 Å². The van der Waals surface area contributed by atoms with Gasteiger partial charge < -0.3 is 9.64 Å². The SMILES string of the molecule is Cc1ccccc1OCC(=O)N1CCN(C)C(c2ccccc2)C1. The van der Waals surface area contributed by atoms with E-state index in [9.17, 15) is 4.79 Å². The van der Waals surface area contributed by atoms with Crippen molar-refractivity contribution in [1.29, 1.82) is 0 Å². The van der Waals surface area contributed by atoms with Gasteiger partial charge in [0.1, 0.15) is 5.75 Å². The van der Waals surface area contributed by atoms with Crippen LogP contribution in [0.15, 0.2) is 54.6 Å². The molecule has 1 amide bonds. The number of benzene rings is 2. The van der Waals surface area contributed by atoms with Gasteiger partial charge in [-0.15, -0.1) is 0 Å². The van der Waals surface area contributed by atoms with Crippen LogP contribution in [0.5, 0.6) is 5.75 Å². The Balaban J connectivity index is 1.62. The maximum absolute atomic E-state index is 12.5. The molecule has 1 saturated heterocycles. The number of nitrogens with zero attached hydrogens (tertiary/aromatic N) is 2. The van der Waals surface area contributed by atoms with E-state index in [0.29, 0.717) is 6.54 Å². The van der Waals surface area contributed by atoms with Gasteiger partial charge in [0.25, 0.3) is 5.91 Å². The molecule has 0 radical (unpaired) electrons. The van der Waals surface area contributed by atoms with E-state index in [4.69, 9.17) is 4.74 Å². The zero-order chi connectivity index (χ0) is 16.9. The third-order valence-electron chi connectivity index (χ3n) is 4.63. The summed E-state index contributed by atoms with van der Waals surface area (Å²) in [4.78, 5) is 16.8. The highest BCUT2D eigenvalue weighted by Gasteiger charge is 2.28. The van der Waals surface area contributed by atoms with E-state index in [0.717, 1.165) is 24.4 Å². The van der Waals surface area contributed by atoms with Crippen LogP contribution < -0.4 is 4.74 Å². The number of amides is 1. The first kappa shape index (κ1) is 16.5. The molecule has 1 aliphatic heterocycles. The Hall–Kier alpha value is -2.33. The second-order valence-electron chi connectivity index (χ2n) is 6.30. The molecule has 126 valence electrons. The van der Waals surface area contributed by atoms with Gasteiger partial charge in [0, 0.05) is 19.6 Å². The van der Waals surface area contributed by atoms with Gasteiger partial charge in [0.05, 0.1) is 6.04 Å². The van der Waals surface area contributed by atoms with Crippen LogP contribution in [-0.4, -0.2) is 49.0 Å². The van der Waals surface area contributed by atoms with E-state index >= 15 is 0 Å². The molecule has 0 bridgehead atoms. The Morgan fingerprint density at radius 2 is 1.79 bits per heavy atom. The molecule has 4 nitrogen and oxygen atoms in total. The van der Waals surface area contributed by atoms with Crippen LogP contribution >= 0.6 is 0 Å². The van der Waals surface area contributed by atoms with Crippen LogP contribution in [0.3, 0.4) is 0 Å². The van der Waals surface area contributed by atoms with Crippen molar-refractivity contribution in [1.82, 2.24) is 9.80 Å². The van der Waals surface area contributed by atoms with Gasteiger partial charge in [-0.2, -0.15) is 0 Å². The molecule has 1 unspecified atom stereocenters. The predicted molar refractivity (Wildman–Crippen MR) is 95.1 cm³/mol. The third-order valence-corrected chi connectivity index (χ3v) is 4.63. The summed E-state index contributed by atoms with van der Waals surface area (Å²) in [6, 6.07) is 18.4. The highest BCUT2D eigenvalue weighted by molar-refractivity contribution is 5.78. The zero-order valence-corrected chi connectivity index (χ0v) is 14.3. The van der Waals surface area contributed by atoms with Crippen LogP contribution in [0, 0.1) is 6.92 Å². The second kappa shape index (κ2) is 7.49. The summed E-state index contributed by atoms with van der Waals surface area (Å²) in [6.45, 7) is 4.40.